The maximum absolute atomic E-state index is 12.4. The smallest absolute Gasteiger partial charge is 0.305 e. The molecule has 0 fully saturated rings. The second-order valence-electron chi connectivity index (χ2n) is 19.3. The first kappa shape index (κ1) is 61.3. The normalized spacial score (nSPS) is 12.8. The lowest BCUT2D eigenvalue weighted by Crippen LogP contribution is -2.45. The van der Waals surface area contributed by atoms with E-state index in [1.165, 1.54) is 218 Å². The van der Waals surface area contributed by atoms with Crippen LogP contribution < -0.4 is 5.32 Å². The molecule has 0 saturated carbocycles. The maximum atomic E-state index is 12.4. The molecule has 0 bridgehead atoms. The summed E-state index contributed by atoms with van der Waals surface area (Å²) in [5.74, 6) is -0.0381. The minimum absolute atomic E-state index is 0.00220. The van der Waals surface area contributed by atoms with Gasteiger partial charge in [-0.2, -0.15) is 0 Å². The third-order valence-electron chi connectivity index (χ3n) is 13.0. The molecule has 2 unspecified atom stereocenters. The van der Waals surface area contributed by atoms with Crippen molar-refractivity contribution in [3.05, 3.63) is 24.3 Å². The summed E-state index contributed by atoms with van der Waals surface area (Å²) in [6.45, 7) is 4.88. The van der Waals surface area contributed by atoms with Gasteiger partial charge in [0.05, 0.1) is 25.4 Å². The van der Waals surface area contributed by atoms with Crippen LogP contribution in [0, 0.1) is 0 Å². The van der Waals surface area contributed by atoms with Crippen molar-refractivity contribution in [1.82, 2.24) is 5.32 Å². The van der Waals surface area contributed by atoms with Crippen molar-refractivity contribution in [2.75, 3.05) is 13.2 Å². The predicted molar refractivity (Wildman–Crippen MR) is 273 cm³/mol. The minimum atomic E-state index is -0.662. The molecule has 3 N–H and O–H groups in total. The molecule has 0 aliphatic heterocycles. The lowest BCUT2D eigenvalue weighted by molar-refractivity contribution is -0.143. The van der Waals surface area contributed by atoms with E-state index in [9.17, 15) is 19.8 Å². The van der Waals surface area contributed by atoms with Gasteiger partial charge < -0.3 is 20.3 Å². The monoisotopic (exact) mass is 888 g/mol. The Morgan fingerprint density at radius 1 is 0.444 bits per heavy atom. The summed E-state index contributed by atoms with van der Waals surface area (Å²) in [6, 6.07) is -0.540. The standard InChI is InChI=1S/C57H109NO5/c1-3-5-7-9-11-13-15-26-31-35-39-43-47-51-57(62)63-52-48-44-40-36-32-28-25-23-21-19-17-16-18-20-22-24-27-30-34-38-42-46-50-56(61)58-54(53-59)55(60)49-45-41-37-33-29-14-12-10-8-6-4-2/h7,9,13,15,54-55,59-60H,3-6,8,10-12,14,16-53H2,1-2H3,(H,58,61)/b9-7-,15-13-. The molecule has 0 spiro atoms. The molecule has 0 saturated heterocycles. The predicted octanol–water partition coefficient (Wildman–Crippen LogP) is 17.1. The van der Waals surface area contributed by atoms with Crippen molar-refractivity contribution in [3.63, 3.8) is 0 Å². The van der Waals surface area contributed by atoms with Gasteiger partial charge in [-0.15, -0.1) is 0 Å². The van der Waals surface area contributed by atoms with E-state index in [1.807, 2.05) is 0 Å². The summed E-state index contributed by atoms with van der Waals surface area (Å²) >= 11 is 0. The number of aliphatic hydroxyl groups is 2. The summed E-state index contributed by atoms with van der Waals surface area (Å²) in [6.07, 6.45) is 63.1. The Morgan fingerprint density at radius 3 is 1.27 bits per heavy atom. The van der Waals surface area contributed by atoms with E-state index in [2.05, 4.69) is 43.5 Å². The Labute approximate surface area is 392 Å². The van der Waals surface area contributed by atoms with E-state index in [1.54, 1.807) is 0 Å². The number of rotatable bonds is 52. The highest BCUT2D eigenvalue weighted by molar-refractivity contribution is 5.76. The summed E-state index contributed by atoms with van der Waals surface area (Å²) in [4.78, 5) is 24.4. The van der Waals surface area contributed by atoms with E-state index in [0.717, 1.165) is 51.4 Å². The van der Waals surface area contributed by atoms with E-state index in [0.29, 0.717) is 25.9 Å². The molecule has 0 heterocycles. The van der Waals surface area contributed by atoms with Crippen LogP contribution in [-0.2, 0) is 14.3 Å². The number of carbonyl (C=O) groups is 2. The van der Waals surface area contributed by atoms with E-state index >= 15 is 0 Å². The second-order valence-corrected chi connectivity index (χ2v) is 19.3. The highest BCUT2D eigenvalue weighted by Crippen LogP contribution is 2.17. The van der Waals surface area contributed by atoms with Crippen LogP contribution in [0.3, 0.4) is 0 Å². The quantitative estimate of drug-likeness (QED) is 0.0321. The van der Waals surface area contributed by atoms with Gasteiger partial charge >= 0.3 is 5.97 Å². The van der Waals surface area contributed by atoms with Crippen LogP contribution in [0.2, 0.25) is 0 Å². The molecular formula is C57H109NO5. The number of hydrogen-bond acceptors (Lipinski definition) is 5. The SMILES string of the molecule is CCC/C=C\C/C=C\CCCCCCCC(=O)OCCCCCCCCCCCCCCCCCCCCCCCCC(=O)NC(CO)C(O)CCCCCCCCCCCCC. The van der Waals surface area contributed by atoms with Gasteiger partial charge in [-0.25, -0.2) is 0 Å². The number of hydrogen-bond donors (Lipinski definition) is 3. The van der Waals surface area contributed by atoms with E-state index < -0.39 is 12.1 Å². The fourth-order valence-corrected chi connectivity index (χ4v) is 8.68. The number of aliphatic hydroxyl groups excluding tert-OH is 2. The zero-order chi connectivity index (χ0) is 45.8. The van der Waals surface area contributed by atoms with Gasteiger partial charge in [-0.1, -0.05) is 263 Å². The van der Waals surface area contributed by atoms with E-state index in [4.69, 9.17) is 4.74 Å². The van der Waals surface area contributed by atoms with Gasteiger partial charge in [0.2, 0.25) is 5.91 Å². The van der Waals surface area contributed by atoms with Crippen molar-refractivity contribution in [2.24, 2.45) is 0 Å². The molecule has 2 atom stereocenters. The Balaban J connectivity index is 3.36. The van der Waals surface area contributed by atoms with Gasteiger partial charge in [0, 0.05) is 12.8 Å². The van der Waals surface area contributed by atoms with Crippen molar-refractivity contribution in [3.8, 4) is 0 Å². The molecule has 6 heteroatoms. The van der Waals surface area contributed by atoms with Crippen LogP contribution in [0.4, 0.5) is 0 Å². The van der Waals surface area contributed by atoms with Crippen molar-refractivity contribution >= 4 is 11.9 Å². The lowest BCUT2D eigenvalue weighted by atomic mass is 10.0. The third kappa shape index (κ3) is 49.6. The third-order valence-corrected chi connectivity index (χ3v) is 13.0. The minimum Gasteiger partial charge on any atom is -0.466 e. The zero-order valence-electron chi connectivity index (χ0n) is 42.3. The molecule has 63 heavy (non-hydrogen) atoms. The van der Waals surface area contributed by atoms with Crippen LogP contribution in [0.1, 0.15) is 303 Å². The number of amides is 1. The number of carbonyl (C=O) groups excluding carboxylic acids is 2. The number of ether oxygens (including phenoxy) is 1. The second kappa shape index (κ2) is 53.0. The summed E-state index contributed by atoms with van der Waals surface area (Å²) in [5, 5.41) is 23.2. The highest BCUT2D eigenvalue weighted by Gasteiger charge is 2.20. The Morgan fingerprint density at radius 2 is 0.825 bits per heavy atom. The molecule has 0 aromatic heterocycles. The summed E-state index contributed by atoms with van der Waals surface area (Å²) in [5.41, 5.74) is 0. The van der Waals surface area contributed by atoms with Gasteiger partial charge in [-0.3, -0.25) is 9.59 Å². The zero-order valence-corrected chi connectivity index (χ0v) is 42.3. The van der Waals surface area contributed by atoms with E-state index in [-0.39, 0.29) is 18.5 Å². The van der Waals surface area contributed by atoms with Crippen LogP contribution in [0.25, 0.3) is 0 Å². The molecule has 0 rings (SSSR count). The van der Waals surface area contributed by atoms with Crippen LogP contribution >= 0.6 is 0 Å². The number of esters is 1. The molecule has 6 nitrogen and oxygen atoms in total. The molecule has 0 aliphatic carbocycles. The molecule has 372 valence electrons. The largest absolute Gasteiger partial charge is 0.466 e. The maximum Gasteiger partial charge on any atom is 0.305 e. The van der Waals surface area contributed by atoms with Crippen molar-refractivity contribution in [2.45, 2.75) is 315 Å². The van der Waals surface area contributed by atoms with Gasteiger partial charge in [0.1, 0.15) is 0 Å². The number of allylic oxidation sites excluding steroid dienone is 4. The fourth-order valence-electron chi connectivity index (χ4n) is 8.68. The molecular weight excluding hydrogens is 779 g/mol. The lowest BCUT2D eigenvalue weighted by Gasteiger charge is -2.22. The molecule has 0 aliphatic rings. The Bertz CT molecular complexity index is 982. The van der Waals surface area contributed by atoms with Crippen molar-refractivity contribution < 1.29 is 24.5 Å². The first-order valence-corrected chi connectivity index (χ1v) is 28.1. The first-order valence-electron chi connectivity index (χ1n) is 28.1. The summed E-state index contributed by atoms with van der Waals surface area (Å²) < 4.78 is 5.46. The number of unbranched alkanes of at least 4 members (excludes halogenated alkanes) is 37. The van der Waals surface area contributed by atoms with Crippen molar-refractivity contribution in [1.29, 1.82) is 0 Å². The Hall–Kier alpha value is -1.66. The first-order chi connectivity index (χ1) is 31.0. The van der Waals surface area contributed by atoms with Crippen LogP contribution in [0.5, 0.6) is 0 Å². The molecule has 0 radical (unpaired) electrons. The molecule has 1 amide bonds. The number of nitrogens with one attached hydrogen (secondary N) is 1. The topological polar surface area (TPSA) is 95.9 Å². The summed E-state index contributed by atoms with van der Waals surface area (Å²) in [7, 11) is 0. The van der Waals surface area contributed by atoms with Gasteiger partial charge in [0.25, 0.3) is 0 Å². The average Bonchev–Trinajstić information content (AvgIpc) is 3.28. The molecule has 0 aromatic rings. The fraction of sp³-hybridized carbons (Fsp3) is 0.895. The molecule has 0 aromatic carbocycles. The average molecular weight is 889 g/mol. The Kier molecular flexibility index (Phi) is 51.6. The van der Waals surface area contributed by atoms with Crippen LogP contribution in [-0.4, -0.2) is 47.4 Å². The highest BCUT2D eigenvalue weighted by atomic mass is 16.5. The van der Waals surface area contributed by atoms with Gasteiger partial charge in [0.15, 0.2) is 0 Å². The van der Waals surface area contributed by atoms with Crippen LogP contribution in [0.15, 0.2) is 24.3 Å². The van der Waals surface area contributed by atoms with Gasteiger partial charge in [-0.05, 0) is 51.4 Å².